The number of rotatable bonds is 2. The lowest BCUT2D eigenvalue weighted by Gasteiger charge is -2.16. The number of nitrogens with two attached hydrogens (primary N) is 1. The maximum absolute atomic E-state index is 13.6. The lowest BCUT2D eigenvalue weighted by Crippen LogP contribution is -2.33. The number of aliphatic hydroxyl groups excluding tert-OH is 3. The summed E-state index contributed by atoms with van der Waals surface area (Å²) in [7, 11) is 0. The molecule has 2 aromatic rings. The van der Waals surface area contributed by atoms with Crippen LogP contribution in [-0.4, -0.2) is 59.8 Å². The summed E-state index contributed by atoms with van der Waals surface area (Å²) in [5.41, 5.74) is 5.28. The molecule has 20 heavy (non-hydrogen) atoms. The number of anilines is 1. The number of ether oxygens (including phenoxy) is 1. The predicted octanol–water partition coefficient (Wildman–Crippen LogP) is -1.84. The molecule has 3 heterocycles. The Balaban J connectivity index is 2.07. The summed E-state index contributed by atoms with van der Waals surface area (Å²) in [5, 5.41) is 28.7. The van der Waals surface area contributed by atoms with E-state index in [-0.39, 0.29) is 17.1 Å². The van der Waals surface area contributed by atoms with Crippen LogP contribution in [-0.2, 0) is 4.74 Å². The molecule has 1 aliphatic heterocycles. The van der Waals surface area contributed by atoms with Gasteiger partial charge in [0.15, 0.2) is 17.4 Å². The fraction of sp³-hybridized carbons (Fsp3) is 0.500. The minimum absolute atomic E-state index is 0.0323. The molecular weight excluding hydrogens is 273 g/mol. The number of fused-ring (bicyclic) bond motifs is 1. The van der Waals surface area contributed by atoms with E-state index in [9.17, 15) is 14.6 Å². The summed E-state index contributed by atoms with van der Waals surface area (Å²) < 4.78 is 20.1. The Kier molecular flexibility index (Phi) is 3.01. The van der Waals surface area contributed by atoms with Crippen LogP contribution in [0.2, 0.25) is 0 Å². The van der Waals surface area contributed by atoms with Crippen LogP contribution in [0.1, 0.15) is 6.23 Å². The van der Waals surface area contributed by atoms with Crippen LogP contribution in [0.25, 0.3) is 11.2 Å². The van der Waals surface area contributed by atoms with E-state index in [1.807, 2.05) is 0 Å². The Morgan fingerprint density at radius 1 is 1.35 bits per heavy atom. The van der Waals surface area contributed by atoms with Gasteiger partial charge in [0.2, 0.25) is 11.9 Å². The zero-order chi connectivity index (χ0) is 14.4. The first-order valence-electron chi connectivity index (χ1n) is 5.81. The average molecular weight is 285 g/mol. The minimum Gasteiger partial charge on any atom is -0.394 e. The SMILES string of the molecule is Nc1nc(F)c2ncn([C@@H]3O[C@H](CO)[C@@H](O)[C@H]3O)c2n1. The van der Waals surface area contributed by atoms with Crippen molar-refractivity contribution in [1.82, 2.24) is 19.5 Å². The van der Waals surface area contributed by atoms with Crippen LogP contribution >= 0.6 is 0 Å². The molecule has 2 aromatic heterocycles. The van der Waals surface area contributed by atoms with E-state index in [0.29, 0.717) is 0 Å². The molecular formula is C10H12FN5O4. The molecule has 0 bridgehead atoms. The summed E-state index contributed by atoms with van der Waals surface area (Å²) in [4.78, 5) is 11.0. The zero-order valence-corrected chi connectivity index (χ0v) is 10.1. The van der Waals surface area contributed by atoms with Crippen molar-refractivity contribution < 1.29 is 24.4 Å². The standard InChI is InChI=1S/C10H12FN5O4/c11-7-4-8(15-10(12)14-7)16(2-13-4)9-6(19)5(18)3(1-17)20-9/h2-3,5-6,9,17-19H,1H2,(H2,12,14,15)/t3-,5-,6-,9-/m1/s1. The molecule has 108 valence electrons. The van der Waals surface area contributed by atoms with Crippen LogP contribution in [0.15, 0.2) is 6.33 Å². The van der Waals surface area contributed by atoms with Gasteiger partial charge in [0.25, 0.3) is 0 Å². The number of imidazole rings is 1. The first-order chi connectivity index (χ1) is 9.52. The van der Waals surface area contributed by atoms with Crippen molar-refractivity contribution >= 4 is 17.1 Å². The average Bonchev–Trinajstić information content (AvgIpc) is 2.93. The van der Waals surface area contributed by atoms with Gasteiger partial charge in [0.05, 0.1) is 12.9 Å². The number of hydrogen-bond acceptors (Lipinski definition) is 8. The maximum Gasteiger partial charge on any atom is 0.245 e. The Morgan fingerprint density at radius 3 is 2.75 bits per heavy atom. The summed E-state index contributed by atoms with van der Waals surface area (Å²) in [6.07, 6.45) is -3.39. The zero-order valence-electron chi connectivity index (χ0n) is 10.1. The fourth-order valence-electron chi connectivity index (χ4n) is 2.19. The lowest BCUT2D eigenvalue weighted by atomic mass is 10.1. The van der Waals surface area contributed by atoms with Gasteiger partial charge in [-0.2, -0.15) is 14.4 Å². The highest BCUT2D eigenvalue weighted by Gasteiger charge is 2.44. The quantitative estimate of drug-likeness (QED) is 0.472. The highest BCUT2D eigenvalue weighted by atomic mass is 19.1. The van der Waals surface area contributed by atoms with Crippen molar-refractivity contribution in [1.29, 1.82) is 0 Å². The molecule has 0 spiro atoms. The normalized spacial score (nSPS) is 30.2. The predicted molar refractivity (Wildman–Crippen MR) is 62.7 cm³/mol. The minimum atomic E-state index is -1.32. The molecule has 3 rings (SSSR count). The highest BCUT2D eigenvalue weighted by Crippen LogP contribution is 2.31. The van der Waals surface area contributed by atoms with Crippen LogP contribution in [0, 0.1) is 5.95 Å². The molecule has 5 N–H and O–H groups in total. The molecule has 0 amide bonds. The van der Waals surface area contributed by atoms with Gasteiger partial charge in [-0.25, -0.2) is 4.98 Å². The molecule has 0 unspecified atom stereocenters. The third-order valence-corrected chi connectivity index (χ3v) is 3.19. The number of halogens is 1. The van der Waals surface area contributed by atoms with Gasteiger partial charge in [-0.05, 0) is 0 Å². The van der Waals surface area contributed by atoms with Crippen molar-refractivity contribution in [2.24, 2.45) is 0 Å². The van der Waals surface area contributed by atoms with Gasteiger partial charge in [0, 0.05) is 0 Å². The molecule has 0 aliphatic carbocycles. The van der Waals surface area contributed by atoms with Gasteiger partial charge >= 0.3 is 0 Å². The molecule has 1 saturated heterocycles. The van der Waals surface area contributed by atoms with Gasteiger partial charge in [-0.15, -0.1) is 0 Å². The van der Waals surface area contributed by atoms with Crippen molar-refractivity contribution in [3.8, 4) is 0 Å². The Morgan fingerprint density at radius 2 is 2.10 bits per heavy atom. The van der Waals surface area contributed by atoms with E-state index in [0.717, 1.165) is 0 Å². The van der Waals surface area contributed by atoms with Crippen molar-refractivity contribution in [3.05, 3.63) is 12.3 Å². The summed E-state index contributed by atoms with van der Waals surface area (Å²) in [6.45, 7) is -0.465. The lowest BCUT2D eigenvalue weighted by molar-refractivity contribution is -0.0511. The Hall–Kier alpha value is -1.88. The van der Waals surface area contributed by atoms with Crippen LogP contribution < -0.4 is 5.73 Å². The van der Waals surface area contributed by atoms with Gasteiger partial charge in [0.1, 0.15) is 18.3 Å². The third kappa shape index (κ3) is 1.81. The van der Waals surface area contributed by atoms with Gasteiger partial charge < -0.3 is 25.8 Å². The van der Waals surface area contributed by atoms with Crippen LogP contribution in [0.5, 0.6) is 0 Å². The van der Waals surface area contributed by atoms with E-state index in [1.165, 1.54) is 10.9 Å². The molecule has 0 saturated carbocycles. The van der Waals surface area contributed by atoms with Crippen molar-refractivity contribution in [3.63, 3.8) is 0 Å². The highest BCUT2D eigenvalue weighted by molar-refractivity contribution is 5.71. The Bertz CT molecular complexity index is 650. The first kappa shape index (κ1) is 13.1. The first-order valence-corrected chi connectivity index (χ1v) is 5.81. The molecule has 10 heteroatoms. The van der Waals surface area contributed by atoms with Gasteiger partial charge in [-0.3, -0.25) is 4.57 Å². The summed E-state index contributed by atoms with van der Waals surface area (Å²) in [6, 6.07) is 0. The number of hydrogen-bond donors (Lipinski definition) is 4. The molecule has 1 fully saturated rings. The van der Waals surface area contributed by atoms with E-state index in [1.54, 1.807) is 0 Å². The van der Waals surface area contributed by atoms with Crippen molar-refractivity contribution in [2.45, 2.75) is 24.5 Å². The fourth-order valence-corrected chi connectivity index (χ4v) is 2.19. The van der Waals surface area contributed by atoms with Crippen LogP contribution in [0.3, 0.4) is 0 Å². The third-order valence-electron chi connectivity index (χ3n) is 3.19. The number of aromatic nitrogens is 4. The second-order valence-electron chi connectivity index (χ2n) is 4.43. The molecule has 0 radical (unpaired) electrons. The monoisotopic (exact) mass is 285 g/mol. The summed E-state index contributed by atoms with van der Waals surface area (Å²) in [5.74, 6) is -1.18. The topological polar surface area (TPSA) is 140 Å². The molecule has 1 aliphatic rings. The van der Waals surface area contributed by atoms with Gasteiger partial charge in [-0.1, -0.05) is 0 Å². The van der Waals surface area contributed by atoms with Crippen molar-refractivity contribution in [2.75, 3.05) is 12.3 Å². The smallest absolute Gasteiger partial charge is 0.245 e. The molecule has 4 atom stereocenters. The second kappa shape index (κ2) is 4.59. The van der Waals surface area contributed by atoms with Crippen LogP contribution in [0.4, 0.5) is 10.3 Å². The van der Waals surface area contributed by atoms with E-state index < -0.39 is 37.1 Å². The second-order valence-corrected chi connectivity index (χ2v) is 4.43. The Labute approximate surface area is 111 Å². The summed E-state index contributed by atoms with van der Waals surface area (Å²) >= 11 is 0. The molecule has 9 nitrogen and oxygen atoms in total. The van der Waals surface area contributed by atoms with E-state index >= 15 is 0 Å². The number of nitrogens with zero attached hydrogens (tertiary/aromatic N) is 4. The van der Waals surface area contributed by atoms with E-state index in [4.69, 9.17) is 15.6 Å². The largest absolute Gasteiger partial charge is 0.394 e. The number of nitrogen functional groups attached to an aromatic ring is 1. The maximum atomic E-state index is 13.6. The van der Waals surface area contributed by atoms with E-state index in [2.05, 4.69) is 15.0 Å². The molecule has 0 aromatic carbocycles. The number of aliphatic hydroxyl groups is 3.